The molecule has 0 bridgehead atoms. The van der Waals surface area contributed by atoms with Gasteiger partial charge in [0.1, 0.15) is 4.83 Å². The van der Waals surface area contributed by atoms with Gasteiger partial charge in [-0.3, -0.25) is 14.2 Å². The smallest absolute Gasteiger partial charge is 0.262 e. The van der Waals surface area contributed by atoms with E-state index in [0.29, 0.717) is 24.0 Å². The Hall–Kier alpha value is -2.47. The van der Waals surface area contributed by atoms with Crippen LogP contribution in [0.1, 0.15) is 10.4 Å². The van der Waals surface area contributed by atoms with Crippen molar-refractivity contribution in [3.05, 3.63) is 64.0 Å². The van der Waals surface area contributed by atoms with Crippen molar-refractivity contribution in [3.63, 3.8) is 0 Å². The Morgan fingerprint density at radius 3 is 2.86 bits per heavy atom. The maximum absolute atomic E-state index is 12.2. The third-order valence-electron chi connectivity index (χ3n) is 3.12. The topological polar surface area (TPSA) is 64.0 Å². The molecule has 21 heavy (non-hydrogen) atoms. The number of hydrogen-bond acceptors (Lipinski definition) is 4. The molecule has 0 fully saturated rings. The van der Waals surface area contributed by atoms with E-state index >= 15 is 0 Å². The summed E-state index contributed by atoms with van der Waals surface area (Å²) in [4.78, 5) is 29.0. The largest absolute Gasteiger partial charge is 0.350 e. The van der Waals surface area contributed by atoms with Crippen LogP contribution in [0.3, 0.4) is 0 Å². The van der Waals surface area contributed by atoms with Gasteiger partial charge in [0.15, 0.2) is 0 Å². The van der Waals surface area contributed by atoms with Gasteiger partial charge >= 0.3 is 0 Å². The second-order valence-electron chi connectivity index (χ2n) is 4.50. The second kappa shape index (κ2) is 5.88. The molecule has 1 N–H and O–H groups in total. The van der Waals surface area contributed by atoms with E-state index < -0.39 is 0 Å². The van der Waals surface area contributed by atoms with Crippen LogP contribution in [0.25, 0.3) is 10.2 Å². The Labute approximate surface area is 124 Å². The zero-order chi connectivity index (χ0) is 14.7. The van der Waals surface area contributed by atoms with Crippen molar-refractivity contribution in [1.82, 2.24) is 14.9 Å². The van der Waals surface area contributed by atoms with Crippen molar-refractivity contribution < 1.29 is 4.79 Å². The summed E-state index contributed by atoms with van der Waals surface area (Å²) in [5.41, 5.74) is 0.534. The first-order valence-corrected chi connectivity index (χ1v) is 7.39. The number of fused-ring (bicyclic) bond motifs is 1. The number of carbonyl (C=O) groups excluding carboxylic acids is 1. The fraction of sp³-hybridized carbons (Fsp3) is 0.133. The molecule has 0 saturated carbocycles. The lowest BCUT2D eigenvalue weighted by atomic mass is 10.2. The number of nitrogens with zero attached hydrogens (tertiary/aromatic N) is 2. The molecule has 1 amide bonds. The normalized spacial score (nSPS) is 10.7. The Balaban J connectivity index is 1.66. The molecule has 0 saturated heterocycles. The van der Waals surface area contributed by atoms with E-state index in [2.05, 4.69) is 10.3 Å². The van der Waals surface area contributed by atoms with Gasteiger partial charge in [-0.2, -0.15) is 0 Å². The van der Waals surface area contributed by atoms with Gasteiger partial charge in [0.2, 0.25) is 0 Å². The quantitative estimate of drug-likeness (QED) is 0.800. The number of amides is 1. The molecule has 2 aromatic heterocycles. The van der Waals surface area contributed by atoms with Gasteiger partial charge in [0.25, 0.3) is 11.5 Å². The van der Waals surface area contributed by atoms with Gasteiger partial charge in [-0.05, 0) is 23.6 Å². The lowest BCUT2D eigenvalue weighted by Crippen LogP contribution is -2.30. The third kappa shape index (κ3) is 2.85. The molecule has 106 valence electrons. The highest BCUT2D eigenvalue weighted by molar-refractivity contribution is 7.16. The van der Waals surface area contributed by atoms with Crippen molar-refractivity contribution >= 4 is 27.5 Å². The standard InChI is InChI=1S/C15H13N3O2S/c19-13(11-4-2-1-3-5-11)16-7-8-18-10-17-14-12(15(18)20)6-9-21-14/h1-6,9-10H,7-8H2,(H,16,19). The van der Waals surface area contributed by atoms with Crippen molar-refractivity contribution in [2.75, 3.05) is 6.54 Å². The highest BCUT2D eigenvalue weighted by Crippen LogP contribution is 2.12. The van der Waals surface area contributed by atoms with Crippen molar-refractivity contribution in [2.24, 2.45) is 0 Å². The molecule has 0 aliphatic heterocycles. The van der Waals surface area contributed by atoms with Gasteiger partial charge in [0, 0.05) is 18.7 Å². The molecule has 2 heterocycles. The molecule has 0 atom stereocenters. The Morgan fingerprint density at radius 1 is 1.24 bits per heavy atom. The van der Waals surface area contributed by atoms with E-state index in [4.69, 9.17) is 0 Å². The van der Waals surface area contributed by atoms with Crippen LogP contribution < -0.4 is 10.9 Å². The number of aromatic nitrogens is 2. The van der Waals surface area contributed by atoms with Gasteiger partial charge < -0.3 is 5.32 Å². The zero-order valence-corrected chi connectivity index (χ0v) is 12.0. The van der Waals surface area contributed by atoms with Crippen LogP contribution in [-0.4, -0.2) is 22.0 Å². The van der Waals surface area contributed by atoms with Crippen LogP contribution in [-0.2, 0) is 6.54 Å². The van der Waals surface area contributed by atoms with E-state index in [1.54, 1.807) is 18.2 Å². The lowest BCUT2D eigenvalue weighted by molar-refractivity contribution is 0.0952. The van der Waals surface area contributed by atoms with Crippen LogP contribution in [0, 0.1) is 0 Å². The van der Waals surface area contributed by atoms with Crippen molar-refractivity contribution in [3.8, 4) is 0 Å². The van der Waals surface area contributed by atoms with Crippen LogP contribution >= 0.6 is 11.3 Å². The molecule has 0 unspecified atom stereocenters. The number of benzene rings is 1. The molecule has 0 aliphatic carbocycles. The van der Waals surface area contributed by atoms with E-state index in [9.17, 15) is 9.59 Å². The first-order chi connectivity index (χ1) is 10.3. The third-order valence-corrected chi connectivity index (χ3v) is 3.95. The number of nitrogens with one attached hydrogen (secondary N) is 1. The molecule has 0 spiro atoms. The molecule has 6 heteroatoms. The summed E-state index contributed by atoms with van der Waals surface area (Å²) in [6.07, 6.45) is 1.52. The SMILES string of the molecule is O=C(NCCn1cnc2sccc2c1=O)c1ccccc1. The second-order valence-corrected chi connectivity index (χ2v) is 5.40. The average molecular weight is 299 g/mol. The van der Waals surface area contributed by atoms with Crippen LogP contribution in [0.15, 0.2) is 52.9 Å². The number of thiophene rings is 1. The molecular weight excluding hydrogens is 286 g/mol. The van der Waals surface area contributed by atoms with Crippen molar-refractivity contribution in [1.29, 1.82) is 0 Å². The number of rotatable bonds is 4. The summed E-state index contributed by atoms with van der Waals surface area (Å²) in [6.45, 7) is 0.779. The lowest BCUT2D eigenvalue weighted by Gasteiger charge is -2.07. The Kier molecular flexibility index (Phi) is 3.79. The van der Waals surface area contributed by atoms with Gasteiger partial charge in [-0.15, -0.1) is 11.3 Å². The predicted molar refractivity (Wildman–Crippen MR) is 82.7 cm³/mol. The van der Waals surface area contributed by atoms with Crippen LogP contribution in [0.4, 0.5) is 0 Å². The molecule has 1 aromatic carbocycles. The highest BCUT2D eigenvalue weighted by atomic mass is 32.1. The van der Waals surface area contributed by atoms with Crippen LogP contribution in [0.5, 0.6) is 0 Å². The Bertz CT molecular complexity index is 824. The minimum Gasteiger partial charge on any atom is -0.350 e. The van der Waals surface area contributed by atoms with Gasteiger partial charge in [-0.25, -0.2) is 4.98 Å². The number of carbonyl (C=O) groups is 1. The molecule has 5 nitrogen and oxygen atoms in total. The Morgan fingerprint density at radius 2 is 2.05 bits per heavy atom. The summed E-state index contributed by atoms with van der Waals surface area (Å²) in [6, 6.07) is 10.8. The predicted octanol–water partition coefficient (Wildman–Crippen LogP) is 1.89. The highest BCUT2D eigenvalue weighted by Gasteiger charge is 2.06. The maximum atomic E-state index is 12.2. The summed E-state index contributed by atoms with van der Waals surface area (Å²) >= 11 is 1.44. The fourth-order valence-electron chi connectivity index (χ4n) is 2.03. The van der Waals surface area contributed by atoms with Crippen LogP contribution in [0.2, 0.25) is 0 Å². The van der Waals surface area contributed by atoms with E-state index in [1.807, 2.05) is 23.6 Å². The minimum absolute atomic E-state index is 0.0739. The first kappa shape index (κ1) is 13.5. The summed E-state index contributed by atoms with van der Waals surface area (Å²) in [5, 5.41) is 5.26. The monoisotopic (exact) mass is 299 g/mol. The van der Waals surface area contributed by atoms with E-state index in [-0.39, 0.29) is 11.5 Å². The molecule has 0 radical (unpaired) electrons. The molecule has 0 aliphatic rings. The van der Waals surface area contributed by atoms with Gasteiger partial charge in [-0.1, -0.05) is 18.2 Å². The molecule has 3 rings (SSSR count). The summed E-state index contributed by atoms with van der Waals surface area (Å²) in [5.74, 6) is -0.145. The summed E-state index contributed by atoms with van der Waals surface area (Å²) in [7, 11) is 0. The molecule has 3 aromatic rings. The molecular formula is C15H13N3O2S. The fourth-order valence-corrected chi connectivity index (χ4v) is 2.76. The van der Waals surface area contributed by atoms with E-state index in [1.165, 1.54) is 22.2 Å². The van der Waals surface area contributed by atoms with Crippen molar-refractivity contribution in [2.45, 2.75) is 6.54 Å². The maximum Gasteiger partial charge on any atom is 0.262 e. The minimum atomic E-state index is -0.145. The van der Waals surface area contributed by atoms with E-state index in [0.717, 1.165) is 4.83 Å². The number of hydrogen-bond donors (Lipinski definition) is 1. The zero-order valence-electron chi connectivity index (χ0n) is 11.2. The summed E-state index contributed by atoms with van der Waals surface area (Å²) < 4.78 is 1.51. The average Bonchev–Trinajstić information content (AvgIpc) is 3.00. The van der Waals surface area contributed by atoms with Gasteiger partial charge in [0.05, 0.1) is 11.7 Å². The first-order valence-electron chi connectivity index (χ1n) is 6.51.